The third-order valence-electron chi connectivity index (χ3n) is 2.77. The molecular weight excluding hydrogens is 216 g/mol. The van der Waals surface area contributed by atoms with Gasteiger partial charge in [-0.3, -0.25) is 0 Å². The van der Waals surface area contributed by atoms with Crippen molar-refractivity contribution in [2.75, 3.05) is 35.0 Å². The predicted octanol–water partition coefficient (Wildman–Crippen LogP) is -0.605. The van der Waals surface area contributed by atoms with Crippen molar-refractivity contribution >= 4 is 0 Å². The van der Waals surface area contributed by atoms with Crippen LogP contribution in [0.4, 0.5) is 0 Å². The minimum atomic E-state index is -1.01. The van der Waals surface area contributed by atoms with Gasteiger partial charge in [-0.2, -0.15) is 0 Å². The van der Waals surface area contributed by atoms with Crippen molar-refractivity contribution in [1.82, 2.24) is 0 Å². The number of ether oxygens (including phenoxy) is 5. The zero-order valence-corrected chi connectivity index (χ0v) is 10.1. The van der Waals surface area contributed by atoms with Gasteiger partial charge in [0, 0.05) is 28.4 Å². The quantitative estimate of drug-likeness (QED) is 0.664. The maximum absolute atomic E-state index is 9.65. The van der Waals surface area contributed by atoms with E-state index in [0.717, 1.165) is 0 Å². The van der Waals surface area contributed by atoms with Crippen molar-refractivity contribution in [2.45, 2.75) is 30.7 Å². The summed E-state index contributed by atoms with van der Waals surface area (Å²) >= 11 is 0. The first-order valence-electron chi connectivity index (χ1n) is 5.10. The van der Waals surface area contributed by atoms with Crippen molar-refractivity contribution in [2.24, 2.45) is 0 Å². The van der Waals surface area contributed by atoms with Crippen molar-refractivity contribution in [1.29, 1.82) is 0 Å². The highest BCUT2D eigenvalue weighted by Gasteiger charge is 2.48. The van der Waals surface area contributed by atoms with Crippen LogP contribution in [0.3, 0.4) is 0 Å². The van der Waals surface area contributed by atoms with Gasteiger partial charge in [-0.05, 0) is 0 Å². The smallest absolute Gasteiger partial charge is 0.184 e. The summed E-state index contributed by atoms with van der Waals surface area (Å²) in [5.74, 6) is 0. The lowest BCUT2D eigenvalue weighted by atomic mass is 10.1. The monoisotopic (exact) mass is 236 g/mol. The van der Waals surface area contributed by atoms with Crippen LogP contribution >= 0.6 is 0 Å². The van der Waals surface area contributed by atoms with E-state index in [4.69, 9.17) is 23.7 Å². The fourth-order valence-electron chi connectivity index (χ4n) is 1.94. The zero-order chi connectivity index (χ0) is 12.1. The Balaban J connectivity index is 2.71. The maximum Gasteiger partial charge on any atom is 0.184 e. The zero-order valence-electron chi connectivity index (χ0n) is 10.1. The van der Waals surface area contributed by atoms with Gasteiger partial charge in [0.15, 0.2) is 6.29 Å². The molecule has 5 atom stereocenters. The molecule has 1 saturated heterocycles. The number of rotatable bonds is 6. The van der Waals surface area contributed by atoms with E-state index < -0.39 is 18.5 Å². The average Bonchev–Trinajstić information content (AvgIpc) is 2.61. The molecule has 0 unspecified atom stereocenters. The summed E-state index contributed by atoms with van der Waals surface area (Å²) in [5, 5.41) is 9.65. The summed E-state index contributed by atoms with van der Waals surface area (Å²) in [5.41, 5.74) is 0. The van der Waals surface area contributed by atoms with Crippen molar-refractivity contribution in [3.63, 3.8) is 0 Å². The maximum atomic E-state index is 9.65. The molecule has 0 bridgehead atoms. The first kappa shape index (κ1) is 13.8. The molecular formula is C10H20O6. The van der Waals surface area contributed by atoms with Crippen LogP contribution in [0.25, 0.3) is 0 Å². The lowest BCUT2D eigenvalue weighted by molar-refractivity contribution is -0.160. The van der Waals surface area contributed by atoms with E-state index in [1.807, 2.05) is 0 Å². The highest BCUT2D eigenvalue weighted by molar-refractivity contribution is 4.92. The van der Waals surface area contributed by atoms with Crippen LogP contribution in [-0.2, 0) is 23.7 Å². The van der Waals surface area contributed by atoms with Gasteiger partial charge >= 0.3 is 0 Å². The molecule has 6 nitrogen and oxygen atoms in total. The summed E-state index contributed by atoms with van der Waals surface area (Å²) in [6, 6.07) is 0. The van der Waals surface area contributed by atoms with Crippen molar-refractivity contribution < 1.29 is 28.8 Å². The summed E-state index contributed by atoms with van der Waals surface area (Å²) in [6.45, 7) is 0.365. The Morgan fingerprint density at radius 3 is 2.19 bits per heavy atom. The van der Waals surface area contributed by atoms with E-state index in [1.165, 1.54) is 7.11 Å². The fraction of sp³-hybridized carbons (Fsp3) is 1.00. The summed E-state index contributed by atoms with van der Waals surface area (Å²) in [7, 11) is 6.19. The second kappa shape index (κ2) is 6.48. The highest BCUT2D eigenvalue weighted by atomic mass is 16.7. The van der Waals surface area contributed by atoms with Gasteiger partial charge in [0.1, 0.15) is 24.4 Å². The van der Waals surface area contributed by atoms with Crippen LogP contribution in [0.1, 0.15) is 0 Å². The number of hydrogen-bond donors (Lipinski definition) is 1. The van der Waals surface area contributed by atoms with Crippen LogP contribution in [0.2, 0.25) is 0 Å². The van der Waals surface area contributed by atoms with Crippen molar-refractivity contribution in [3.05, 3.63) is 0 Å². The normalized spacial score (nSPS) is 36.6. The second-order valence-electron chi connectivity index (χ2n) is 3.62. The van der Waals surface area contributed by atoms with Crippen molar-refractivity contribution in [3.8, 4) is 0 Å². The van der Waals surface area contributed by atoms with E-state index in [-0.39, 0.29) is 12.2 Å². The van der Waals surface area contributed by atoms with Crippen LogP contribution in [0.5, 0.6) is 0 Å². The van der Waals surface area contributed by atoms with Crippen LogP contribution < -0.4 is 0 Å². The molecule has 0 aromatic heterocycles. The van der Waals surface area contributed by atoms with E-state index in [0.29, 0.717) is 6.61 Å². The molecule has 1 N–H and O–H groups in total. The third-order valence-corrected chi connectivity index (χ3v) is 2.77. The number of hydrogen-bond acceptors (Lipinski definition) is 6. The highest BCUT2D eigenvalue weighted by Crippen LogP contribution is 2.27. The summed E-state index contributed by atoms with van der Waals surface area (Å²) < 4.78 is 26.1. The number of aliphatic hydroxyl groups is 1. The third kappa shape index (κ3) is 2.71. The van der Waals surface area contributed by atoms with Gasteiger partial charge in [-0.25, -0.2) is 0 Å². The van der Waals surface area contributed by atoms with Gasteiger partial charge in [0.05, 0.1) is 6.61 Å². The van der Waals surface area contributed by atoms with Gasteiger partial charge in [-0.15, -0.1) is 0 Å². The first-order chi connectivity index (χ1) is 7.69. The molecule has 1 aliphatic heterocycles. The lowest BCUT2D eigenvalue weighted by Crippen LogP contribution is -2.43. The molecule has 1 fully saturated rings. The van der Waals surface area contributed by atoms with E-state index >= 15 is 0 Å². The molecule has 0 spiro atoms. The van der Waals surface area contributed by atoms with Gasteiger partial charge < -0.3 is 28.8 Å². The molecule has 6 heteroatoms. The predicted molar refractivity (Wildman–Crippen MR) is 55.1 cm³/mol. The Morgan fingerprint density at radius 1 is 1.12 bits per heavy atom. The summed E-state index contributed by atoms with van der Waals surface area (Å²) in [6.07, 6.45) is -2.60. The molecule has 16 heavy (non-hydrogen) atoms. The summed E-state index contributed by atoms with van der Waals surface area (Å²) in [4.78, 5) is 0. The molecule has 1 aliphatic rings. The topological polar surface area (TPSA) is 66.4 Å². The molecule has 0 aromatic carbocycles. The standard InChI is InChI=1S/C10H20O6/c1-12-5-6(13-2)7-8(14-3)9(15-4)10(11)16-7/h6-11H,5H2,1-4H3/t6-,7-,8-,9-,10+/m0/s1. The largest absolute Gasteiger partial charge is 0.382 e. The molecule has 0 aromatic rings. The Morgan fingerprint density at radius 2 is 1.75 bits per heavy atom. The lowest BCUT2D eigenvalue weighted by Gasteiger charge is -2.26. The molecule has 0 amide bonds. The average molecular weight is 236 g/mol. The minimum absolute atomic E-state index is 0.301. The Hall–Kier alpha value is -0.240. The first-order valence-corrected chi connectivity index (χ1v) is 5.10. The Kier molecular flexibility index (Phi) is 5.60. The van der Waals surface area contributed by atoms with Crippen LogP contribution in [0, 0.1) is 0 Å². The molecule has 1 rings (SSSR count). The number of aliphatic hydroxyl groups excluding tert-OH is 1. The van der Waals surface area contributed by atoms with E-state index in [2.05, 4.69) is 0 Å². The molecule has 1 heterocycles. The molecule has 0 radical (unpaired) electrons. The van der Waals surface area contributed by atoms with E-state index in [1.54, 1.807) is 21.3 Å². The minimum Gasteiger partial charge on any atom is -0.382 e. The number of methoxy groups -OCH3 is 4. The van der Waals surface area contributed by atoms with Gasteiger partial charge in [-0.1, -0.05) is 0 Å². The van der Waals surface area contributed by atoms with Gasteiger partial charge in [0.25, 0.3) is 0 Å². The van der Waals surface area contributed by atoms with Crippen LogP contribution in [0.15, 0.2) is 0 Å². The Bertz CT molecular complexity index is 200. The molecule has 0 saturated carbocycles. The second-order valence-corrected chi connectivity index (χ2v) is 3.62. The molecule has 96 valence electrons. The SMILES string of the molecule is COC[C@H](OC)[C@@H]1O[C@@H](O)[C@@H](OC)[C@H]1OC. The van der Waals surface area contributed by atoms with E-state index in [9.17, 15) is 5.11 Å². The fourth-order valence-corrected chi connectivity index (χ4v) is 1.94. The van der Waals surface area contributed by atoms with Crippen LogP contribution in [-0.4, -0.2) is 70.9 Å². The van der Waals surface area contributed by atoms with Gasteiger partial charge in [0.2, 0.25) is 0 Å². The molecule has 0 aliphatic carbocycles. The Labute approximate surface area is 95.4 Å².